The number of benzene rings is 1. The lowest BCUT2D eigenvalue weighted by Gasteiger charge is -2.24. The van der Waals surface area contributed by atoms with Gasteiger partial charge in [-0.05, 0) is 17.7 Å². The van der Waals surface area contributed by atoms with E-state index in [0.717, 1.165) is 23.6 Å². The molecule has 1 atom stereocenters. The molecular formula is C12H15F2NOS. The second-order valence-corrected chi connectivity index (χ2v) is 4.95. The summed E-state index contributed by atoms with van der Waals surface area (Å²) in [6, 6.07) is 7.94. The summed E-state index contributed by atoms with van der Waals surface area (Å²) in [4.78, 5) is 0.880. The van der Waals surface area contributed by atoms with E-state index in [-0.39, 0.29) is 11.8 Å². The van der Waals surface area contributed by atoms with Gasteiger partial charge in [0.15, 0.2) is 0 Å². The molecule has 1 aromatic rings. The van der Waals surface area contributed by atoms with Gasteiger partial charge in [0.25, 0.3) is 0 Å². The van der Waals surface area contributed by atoms with E-state index in [0.29, 0.717) is 6.61 Å². The van der Waals surface area contributed by atoms with Crippen LogP contribution in [0.25, 0.3) is 0 Å². The Kier molecular flexibility index (Phi) is 4.76. The Morgan fingerprint density at radius 2 is 2.12 bits per heavy atom. The van der Waals surface area contributed by atoms with Gasteiger partial charge in [-0.3, -0.25) is 0 Å². The minimum atomic E-state index is -2.26. The molecule has 0 spiro atoms. The van der Waals surface area contributed by atoms with Gasteiger partial charge in [-0.1, -0.05) is 12.1 Å². The number of hydrogen-bond donors (Lipinski definition) is 1. The van der Waals surface area contributed by atoms with Crippen LogP contribution in [0, 0.1) is 0 Å². The number of alkyl halides is 2. The molecule has 0 aromatic heterocycles. The molecule has 94 valence electrons. The van der Waals surface area contributed by atoms with Crippen molar-refractivity contribution in [2.45, 2.75) is 17.4 Å². The lowest BCUT2D eigenvalue weighted by Crippen LogP contribution is -2.34. The maximum Gasteiger partial charge on any atom is 0.247 e. The molecule has 0 radical (unpaired) electrons. The number of halogens is 2. The molecule has 1 aliphatic heterocycles. The van der Waals surface area contributed by atoms with Crippen LogP contribution in [-0.4, -0.2) is 31.9 Å². The van der Waals surface area contributed by atoms with Gasteiger partial charge in [-0.2, -0.15) is 0 Å². The summed E-state index contributed by atoms with van der Waals surface area (Å²) in [6.07, 6.45) is -2.26. The average molecular weight is 259 g/mol. The fraction of sp³-hybridized carbons (Fsp3) is 0.500. The summed E-state index contributed by atoms with van der Waals surface area (Å²) in [6.45, 7) is 2.27. The van der Waals surface area contributed by atoms with Crippen LogP contribution in [0.2, 0.25) is 0 Å². The van der Waals surface area contributed by atoms with Crippen molar-refractivity contribution < 1.29 is 13.5 Å². The largest absolute Gasteiger partial charge is 0.378 e. The van der Waals surface area contributed by atoms with Gasteiger partial charge in [-0.15, -0.1) is 11.8 Å². The van der Waals surface area contributed by atoms with E-state index in [4.69, 9.17) is 4.74 Å². The average Bonchev–Trinajstić information content (AvgIpc) is 2.38. The Balaban J connectivity index is 1.92. The smallest absolute Gasteiger partial charge is 0.247 e. The molecular weight excluding hydrogens is 244 g/mol. The highest BCUT2D eigenvalue weighted by molar-refractivity contribution is 7.99. The van der Waals surface area contributed by atoms with Crippen molar-refractivity contribution in [3.05, 3.63) is 29.8 Å². The van der Waals surface area contributed by atoms with Gasteiger partial charge in [0.2, 0.25) is 6.43 Å². The summed E-state index contributed by atoms with van der Waals surface area (Å²) >= 11 is 1.18. The third-order valence-corrected chi connectivity index (χ3v) is 3.60. The lowest BCUT2D eigenvalue weighted by atomic mass is 10.1. The van der Waals surface area contributed by atoms with Crippen LogP contribution in [0.15, 0.2) is 29.2 Å². The van der Waals surface area contributed by atoms with E-state index in [2.05, 4.69) is 5.32 Å². The molecule has 17 heavy (non-hydrogen) atoms. The highest BCUT2D eigenvalue weighted by atomic mass is 32.2. The van der Waals surface area contributed by atoms with Crippen molar-refractivity contribution in [2.75, 3.05) is 25.5 Å². The van der Waals surface area contributed by atoms with Crippen LogP contribution < -0.4 is 5.32 Å². The molecule has 2 nitrogen and oxygen atoms in total. The molecule has 1 fully saturated rings. The Morgan fingerprint density at radius 3 is 2.71 bits per heavy atom. The normalized spacial score (nSPS) is 20.8. The summed E-state index contributed by atoms with van der Waals surface area (Å²) in [5.41, 5.74) is 1.14. The van der Waals surface area contributed by atoms with Crippen LogP contribution in [0.5, 0.6) is 0 Å². The molecule has 5 heteroatoms. The molecule has 2 rings (SSSR count). The van der Waals surface area contributed by atoms with Gasteiger partial charge in [0.1, 0.15) is 0 Å². The lowest BCUT2D eigenvalue weighted by molar-refractivity contribution is 0.0769. The van der Waals surface area contributed by atoms with Crippen LogP contribution in [0.1, 0.15) is 11.6 Å². The fourth-order valence-electron chi connectivity index (χ4n) is 1.74. The zero-order valence-corrected chi connectivity index (χ0v) is 10.2. The first-order chi connectivity index (χ1) is 8.25. The topological polar surface area (TPSA) is 21.3 Å². The monoisotopic (exact) mass is 259 g/mol. The Labute approximate surface area is 104 Å². The first-order valence-corrected chi connectivity index (χ1v) is 6.56. The molecule has 1 aromatic carbocycles. The van der Waals surface area contributed by atoms with Crippen LogP contribution >= 0.6 is 11.8 Å². The number of nitrogens with one attached hydrogen (secondary N) is 1. The van der Waals surface area contributed by atoms with Gasteiger partial charge in [0.05, 0.1) is 25.0 Å². The molecule has 1 saturated heterocycles. The highest BCUT2D eigenvalue weighted by Crippen LogP contribution is 2.23. The maximum absolute atomic E-state index is 12.0. The molecule has 1 heterocycles. The third kappa shape index (κ3) is 3.94. The van der Waals surface area contributed by atoms with Crippen molar-refractivity contribution in [2.24, 2.45) is 0 Å². The van der Waals surface area contributed by atoms with Crippen molar-refractivity contribution in [1.29, 1.82) is 0 Å². The molecule has 1 aliphatic rings. The molecule has 1 unspecified atom stereocenters. The first-order valence-electron chi connectivity index (χ1n) is 5.58. The van der Waals surface area contributed by atoms with Crippen LogP contribution in [0.4, 0.5) is 8.78 Å². The highest BCUT2D eigenvalue weighted by Gasteiger charge is 2.14. The van der Waals surface area contributed by atoms with Crippen molar-refractivity contribution >= 4 is 11.8 Å². The third-order valence-electron chi connectivity index (χ3n) is 2.58. The van der Waals surface area contributed by atoms with Gasteiger partial charge in [0, 0.05) is 11.4 Å². The SMILES string of the molecule is FC(F)CSc1ccc(C2COCCN2)cc1. The zero-order chi connectivity index (χ0) is 12.1. The Bertz CT molecular complexity index is 339. The van der Waals surface area contributed by atoms with Crippen LogP contribution in [0.3, 0.4) is 0 Å². The standard InChI is InChI=1S/C12H15F2NOS/c13-12(14)8-17-10-3-1-9(2-4-10)11-7-16-6-5-15-11/h1-4,11-12,15H,5-8H2. The fourth-order valence-corrected chi connectivity index (χ4v) is 2.38. The van der Waals surface area contributed by atoms with Gasteiger partial charge >= 0.3 is 0 Å². The first kappa shape index (κ1) is 12.8. The second-order valence-electron chi connectivity index (χ2n) is 3.85. The number of hydrogen-bond acceptors (Lipinski definition) is 3. The quantitative estimate of drug-likeness (QED) is 0.840. The second kappa shape index (κ2) is 6.33. The number of morpholine rings is 1. The van der Waals surface area contributed by atoms with E-state index in [1.807, 2.05) is 24.3 Å². The van der Waals surface area contributed by atoms with Crippen molar-refractivity contribution in [1.82, 2.24) is 5.32 Å². The summed E-state index contributed by atoms with van der Waals surface area (Å²) in [5, 5.41) is 3.35. The predicted molar refractivity (Wildman–Crippen MR) is 64.7 cm³/mol. The van der Waals surface area contributed by atoms with E-state index in [1.165, 1.54) is 11.8 Å². The molecule has 0 saturated carbocycles. The van der Waals surface area contributed by atoms with E-state index < -0.39 is 6.43 Å². The number of rotatable bonds is 4. The van der Waals surface area contributed by atoms with E-state index in [1.54, 1.807) is 0 Å². The maximum atomic E-state index is 12.0. The summed E-state index contributed by atoms with van der Waals surface area (Å²) < 4.78 is 29.5. The Hall–Kier alpha value is -0.650. The van der Waals surface area contributed by atoms with Crippen molar-refractivity contribution in [3.8, 4) is 0 Å². The molecule has 0 aliphatic carbocycles. The van der Waals surface area contributed by atoms with Crippen LogP contribution in [-0.2, 0) is 4.74 Å². The van der Waals surface area contributed by atoms with Gasteiger partial charge in [-0.25, -0.2) is 8.78 Å². The Morgan fingerprint density at radius 1 is 1.35 bits per heavy atom. The zero-order valence-electron chi connectivity index (χ0n) is 9.36. The summed E-state index contributed by atoms with van der Waals surface area (Å²) in [5.74, 6) is -0.149. The van der Waals surface area contributed by atoms with Crippen molar-refractivity contribution in [3.63, 3.8) is 0 Å². The minimum Gasteiger partial charge on any atom is -0.378 e. The molecule has 0 bridgehead atoms. The van der Waals surface area contributed by atoms with E-state index in [9.17, 15) is 8.78 Å². The molecule has 0 amide bonds. The number of thioether (sulfide) groups is 1. The summed E-state index contributed by atoms with van der Waals surface area (Å²) in [7, 11) is 0. The molecule has 1 N–H and O–H groups in total. The predicted octanol–water partition coefficient (Wildman–Crippen LogP) is 2.70. The van der Waals surface area contributed by atoms with Gasteiger partial charge < -0.3 is 10.1 Å². The minimum absolute atomic E-state index is 0.149. The van der Waals surface area contributed by atoms with E-state index >= 15 is 0 Å². The number of ether oxygens (including phenoxy) is 1.